The molecule has 16 heavy (non-hydrogen) atoms. The largest absolute Gasteiger partial charge is 0.389 e. The second-order valence-corrected chi connectivity index (χ2v) is 5.48. The van der Waals surface area contributed by atoms with Crippen LogP contribution >= 0.6 is 0 Å². The maximum atomic E-state index is 10.1. The second kappa shape index (κ2) is 8.08. The van der Waals surface area contributed by atoms with Crippen molar-refractivity contribution in [3.63, 3.8) is 0 Å². The molecule has 2 nitrogen and oxygen atoms in total. The van der Waals surface area contributed by atoms with Gasteiger partial charge in [-0.15, -0.1) is 0 Å². The standard InChI is InChI=1S/C14H31NO/c1-6-9-14(5,16)11-15-13(8-3)10-12(4)7-2/h12-13,15-16H,6-11H2,1-5H3. The zero-order chi connectivity index (χ0) is 12.6. The van der Waals surface area contributed by atoms with E-state index >= 15 is 0 Å². The highest BCUT2D eigenvalue weighted by Crippen LogP contribution is 2.14. The molecule has 0 rings (SSSR count). The van der Waals surface area contributed by atoms with Crippen molar-refractivity contribution in [2.24, 2.45) is 5.92 Å². The van der Waals surface area contributed by atoms with Gasteiger partial charge in [0.15, 0.2) is 0 Å². The Morgan fingerprint density at radius 3 is 2.25 bits per heavy atom. The lowest BCUT2D eigenvalue weighted by Crippen LogP contribution is -2.42. The van der Waals surface area contributed by atoms with E-state index in [4.69, 9.17) is 0 Å². The molecule has 0 aromatic rings. The first-order valence-electron chi connectivity index (χ1n) is 6.90. The first kappa shape index (κ1) is 15.9. The second-order valence-electron chi connectivity index (χ2n) is 5.48. The van der Waals surface area contributed by atoms with Crippen molar-refractivity contribution in [2.45, 2.75) is 78.4 Å². The van der Waals surface area contributed by atoms with Gasteiger partial charge in [-0.25, -0.2) is 0 Å². The first-order chi connectivity index (χ1) is 7.45. The topological polar surface area (TPSA) is 32.3 Å². The van der Waals surface area contributed by atoms with E-state index in [1.807, 2.05) is 6.92 Å². The minimum Gasteiger partial charge on any atom is -0.389 e. The van der Waals surface area contributed by atoms with Crippen LogP contribution in [0.2, 0.25) is 0 Å². The maximum Gasteiger partial charge on any atom is 0.0743 e. The zero-order valence-electron chi connectivity index (χ0n) is 11.8. The van der Waals surface area contributed by atoms with Crippen LogP contribution in [0.15, 0.2) is 0 Å². The van der Waals surface area contributed by atoms with E-state index in [0.717, 1.165) is 31.7 Å². The van der Waals surface area contributed by atoms with Gasteiger partial charge >= 0.3 is 0 Å². The Morgan fingerprint density at radius 1 is 1.19 bits per heavy atom. The normalized spacial score (nSPS) is 19.1. The third-order valence-corrected chi connectivity index (χ3v) is 3.44. The minimum absolute atomic E-state index is 0.544. The molecule has 0 amide bonds. The smallest absolute Gasteiger partial charge is 0.0743 e. The van der Waals surface area contributed by atoms with Gasteiger partial charge in [0.1, 0.15) is 0 Å². The number of nitrogens with one attached hydrogen (secondary N) is 1. The van der Waals surface area contributed by atoms with Gasteiger partial charge in [0.2, 0.25) is 0 Å². The quantitative estimate of drug-likeness (QED) is 0.635. The highest BCUT2D eigenvalue weighted by Gasteiger charge is 2.20. The van der Waals surface area contributed by atoms with Crippen molar-refractivity contribution < 1.29 is 5.11 Å². The van der Waals surface area contributed by atoms with E-state index in [1.165, 1.54) is 12.8 Å². The fraction of sp³-hybridized carbons (Fsp3) is 1.00. The van der Waals surface area contributed by atoms with Crippen molar-refractivity contribution in [3.05, 3.63) is 0 Å². The van der Waals surface area contributed by atoms with Crippen LogP contribution < -0.4 is 5.32 Å². The Labute approximate surface area is 102 Å². The summed E-state index contributed by atoms with van der Waals surface area (Å²) in [6.45, 7) is 11.5. The molecule has 3 unspecified atom stereocenters. The summed E-state index contributed by atoms with van der Waals surface area (Å²) >= 11 is 0. The van der Waals surface area contributed by atoms with Gasteiger partial charge in [0.05, 0.1) is 5.60 Å². The molecule has 0 fully saturated rings. The van der Waals surface area contributed by atoms with E-state index in [9.17, 15) is 5.11 Å². The molecule has 0 aliphatic heterocycles. The molecule has 0 radical (unpaired) electrons. The minimum atomic E-state index is -0.544. The van der Waals surface area contributed by atoms with Crippen LogP contribution in [-0.4, -0.2) is 23.3 Å². The molecule has 0 heterocycles. The summed E-state index contributed by atoms with van der Waals surface area (Å²) in [6.07, 6.45) is 5.52. The van der Waals surface area contributed by atoms with E-state index in [1.54, 1.807) is 0 Å². The Morgan fingerprint density at radius 2 is 1.81 bits per heavy atom. The summed E-state index contributed by atoms with van der Waals surface area (Å²) in [5.74, 6) is 0.772. The van der Waals surface area contributed by atoms with Crippen molar-refractivity contribution >= 4 is 0 Å². The van der Waals surface area contributed by atoms with Crippen LogP contribution in [0, 0.1) is 5.92 Å². The van der Waals surface area contributed by atoms with Crippen molar-refractivity contribution in [1.29, 1.82) is 0 Å². The Balaban J connectivity index is 3.94. The van der Waals surface area contributed by atoms with Crippen molar-refractivity contribution in [3.8, 4) is 0 Å². The zero-order valence-corrected chi connectivity index (χ0v) is 11.8. The first-order valence-corrected chi connectivity index (χ1v) is 6.90. The SMILES string of the molecule is CCCC(C)(O)CNC(CC)CC(C)CC. The Kier molecular flexibility index (Phi) is 8.04. The fourth-order valence-electron chi connectivity index (χ4n) is 2.04. The summed E-state index contributed by atoms with van der Waals surface area (Å²) in [6, 6.07) is 0.554. The van der Waals surface area contributed by atoms with Gasteiger partial charge in [0.25, 0.3) is 0 Å². The third-order valence-electron chi connectivity index (χ3n) is 3.44. The summed E-state index contributed by atoms with van der Waals surface area (Å²) < 4.78 is 0. The van der Waals surface area contributed by atoms with E-state index in [2.05, 4.69) is 33.0 Å². The highest BCUT2D eigenvalue weighted by molar-refractivity contribution is 4.78. The number of hydrogen-bond donors (Lipinski definition) is 2. The van der Waals surface area contributed by atoms with Crippen LogP contribution in [0.25, 0.3) is 0 Å². The molecule has 0 spiro atoms. The lowest BCUT2D eigenvalue weighted by molar-refractivity contribution is 0.0461. The van der Waals surface area contributed by atoms with Crippen molar-refractivity contribution in [2.75, 3.05) is 6.54 Å². The summed E-state index contributed by atoms with van der Waals surface area (Å²) in [5, 5.41) is 13.6. The van der Waals surface area contributed by atoms with Gasteiger partial charge < -0.3 is 10.4 Å². The van der Waals surface area contributed by atoms with Crippen LogP contribution in [0.5, 0.6) is 0 Å². The Hall–Kier alpha value is -0.0800. The lowest BCUT2D eigenvalue weighted by Gasteiger charge is -2.27. The van der Waals surface area contributed by atoms with Crippen LogP contribution in [0.4, 0.5) is 0 Å². The molecule has 0 bridgehead atoms. The molecule has 3 atom stereocenters. The van der Waals surface area contributed by atoms with Gasteiger partial charge in [-0.3, -0.25) is 0 Å². The number of rotatable bonds is 9. The lowest BCUT2D eigenvalue weighted by atomic mass is 9.96. The molecule has 0 aliphatic rings. The van der Waals surface area contributed by atoms with Crippen molar-refractivity contribution in [1.82, 2.24) is 5.32 Å². The predicted molar refractivity (Wildman–Crippen MR) is 71.7 cm³/mol. The molecule has 2 heteroatoms. The molecule has 0 aromatic heterocycles. The average molecular weight is 229 g/mol. The fourth-order valence-corrected chi connectivity index (χ4v) is 2.04. The molecule has 0 aliphatic carbocycles. The molecule has 0 saturated heterocycles. The van der Waals surface area contributed by atoms with Gasteiger partial charge in [0, 0.05) is 12.6 Å². The maximum absolute atomic E-state index is 10.1. The van der Waals surface area contributed by atoms with Crippen LogP contribution in [0.3, 0.4) is 0 Å². The average Bonchev–Trinajstić information content (AvgIpc) is 2.23. The van der Waals surface area contributed by atoms with Gasteiger partial charge in [-0.2, -0.15) is 0 Å². The Bertz CT molecular complexity index is 168. The van der Waals surface area contributed by atoms with E-state index < -0.39 is 5.60 Å². The highest BCUT2D eigenvalue weighted by atomic mass is 16.3. The van der Waals surface area contributed by atoms with Crippen LogP contribution in [-0.2, 0) is 0 Å². The van der Waals surface area contributed by atoms with Gasteiger partial charge in [-0.05, 0) is 32.1 Å². The molecule has 98 valence electrons. The summed E-state index contributed by atoms with van der Waals surface area (Å²) in [5.41, 5.74) is -0.544. The van der Waals surface area contributed by atoms with Crippen LogP contribution in [0.1, 0.15) is 66.7 Å². The molecule has 0 saturated carbocycles. The predicted octanol–water partition coefficient (Wildman–Crippen LogP) is 3.34. The molecule has 2 N–H and O–H groups in total. The molecular weight excluding hydrogens is 198 g/mol. The summed E-state index contributed by atoms with van der Waals surface area (Å²) in [7, 11) is 0. The van der Waals surface area contributed by atoms with E-state index in [-0.39, 0.29) is 0 Å². The monoisotopic (exact) mass is 229 g/mol. The van der Waals surface area contributed by atoms with Gasteiger partial charge in [-0.1, -0.05) is 40.5 Å². The number of aliphatic hydroxyl groups is 1. The molecular formula is C14H31NO. The number of hydrogen-bond acceptors (Lipinski definition) is 2. The third kappa shape index (κ3) is 7.24. The molecule has 0 aromatic carbocycles. The summed E-state index contributed by atoms with van der Waals surface area (Å²) in [4.78, 5) is 0. The van der Waals surface area contributed by atoms with E-state index in [0.29, 0.717) is 6.04 Å².